The highest BCUT2D eigenvalue weighted by Gasteiger charge is 2.36. The first-order valence-corrected chi connectivity index (χ1v) is 20.8. The number of hydrogen-bond donors (Lipinski definition) is 2. The van der Waals surface area contributed by atoms with Gasteiger partial charge >= 0.3 is 0 Å². The highest BCUT2D eigenvalue weighted by atomic mass is 32.2. The lowest BCUT2D eigenvalue weighted by Gasteiger charge is -2.36. The van der Waals surface area contributed by atoms with E-state index < -0.39 is 33.5 Å². The van der Waals surface area contributed by atoms with E-state index in [0.717, 1.165) is 36.8 Å². The van der Waals surface area contributed by atoms with Crippen molar-refractivity contribution in [1.82, 2.24) is 19.6 Å². The molecule has 7 rings (SSSR count). The van der Waals surface area contributed by atoms with Gasteiger partial charge in [-0.1, -0.05) is 63.1 Å². The van der Waals surface area contributed by atoms with Crippen LogP contribution >= 0.6 is 0 Å². The summed E-state index contributed by atoms with van der Waals surface area (Å²) in [7, 11) is -4.09. The number of amides is 3. The molecule has 3 heterocycles. The van der Waals surface area contributed by atoms with E-state index in [2.05, 4.69) is 19.2 Å². The number of carbonyl (C=O) groups is 4. The molecule has 294 valence electrons. The lowest BCUT2D eigenvalue weighted by molar-refractivity contribution is 0.0544. The molecule has 2 aliphatic heterocycles. The molecule has 0 saturated heterocycles. The average molecular weight is 788 g/mol. The third-order valence-electron chi connectivity index (χ3n) is 10.7. The number of aromatic nitrogens is 2. The second-order valence-electron chi connectivity index (χ2n) is 14.6. The number of hydrogen-bond acceptors (Lipinski definition) is 8. The molecule has 2 N–H and O–H groups in total. The second-order valence-corrected chi connectivity index (χ2v) is 16.4. The molecule has 0 radical (unpaired) electrons. The zero-order valence-corrected chi connectivity index (χ0v) is 33.0. The topological polar surface area (TPSA) is 159 Å². The number of anilines is 1. The van der Waals surface area contributed by atoms with Crippen molar-refractivity contribution in [2.75, 3.05) is 25.0 Å². The minimum atomic E-state index is -4.09. The summed E-state index contributed by atoms with van der Waals surface area (Å²) in [4.78, 5) is 58.5. The van der Waals surface area contributed by atoms with Gasteiger partial charge < -0.3 is 20.2 Å². The summed E-state index contributed by atoms with van der Waals surface area (Å²) < 4.78 is 28.7. The summed E-state index contributed by atoms with van der Waals surface area (Å²) >= 11 is 0. The summed E-state index contributed by atoms with van der Waals surface area (Å²) in [6, 6.07) is 23.6. The van der Waals surface area contributed by atoms with Crippen LogP contribution in [0.2, 0.25) is 0 Å². The maximum atomic E-state index is 14.7. The number of fused-ring (bicyclic) bond motifs is 3. The molecule has 2 aliphatic rings. The molecule has 3 amide bonds. The van der Waals surface area contributed by atoms with E-state index in [-0.39, 0.29) is 62.5 Å². The summed E-state index contributed by atoms with van der Waals surface area (Å²) in [6.45, 7) is 7.14. The minimum absolute atomic E-state index is 0.00350. The molecular weight excluding hydrogens is 743 g/mol. The van der Waals surface area contributed by atoms with E-state index in [0.29, 0.717) is 30.9 Å². The summed E-state index contributed by atoms with van der Waals surface area (Å²) in [5.41, 5.74) is 3.69. The van der Waals surface area contributed by atoms with Crippen LogP contribution in [0.15, 0.2) is 101 Å². The number of nitrogens with one attached hydrogen (secondary N) is 1. The molecule has 0 saturated carbocycles. The summed E-state index contributed by atoms with van der Waals surface area (Å²) in [5, 5.41) is 18.0. The smallest absolute Gasteiger partial charge is 0.274 e. The molecule has 0 unspecified atom stereocenters. The van der Waals surface area contributed by atoms with E-state index in [1.54, 1.807) is 46.8 Å². The predicted molar refractivity (Wildman–Crippen MR) is 215 cm³/mol. The largest absolute Gasteiger partial charge is 0.394 e. The van der Waals surface area contributed by atoms with Crippen LogP contribution in [-0.4, -0.2) is 82.3 Å². The first kappa shape index (κ1) is 39.3. The number of carbonyl (C=O) groups excluding carboxylic acids is 4. The Morgan fingerprint density at radius 3 is 2.26 bits per heavy atom. The molecule has 0 fully saturated rings. The quantitative estimate of drug-likeness (QED) is 0.144. The predicted octanol–water partition coefficient (Wildman–Crippen LogP) is 6.41. The van der Waals surface area contributed by atoms with E-state index in [9.17, 15) is 32.7 Å². The van der Waals surface area contributed by atoms with E-state index in [4.69, 9.17) is 5.10 Å². The summed E-state index contributed by atoms with van der Waals surface area (Å²) in [5.74, 6) is -1.72. The molecule has 57 heavy (non-hydrogen) atoms. The van der Waals surface area contributed by atoms with Gasteiger partial charge in [0.25, 0.3) is 17.7 Å². The van der Waals surface area contributed by atoms with E-state index in [1.165, 1.54) is 36.4 Å². The van der Waals surface area contributed by atoms with Crippen molar-refractivity contribution in [2.24, 2.45) is 0 Å². The number of benzene rings is 4. The van der Waals surface area contributed by atoms with Crippen LogP contribution < -0.4 is 5.32 Å². The van der Waals surface area contributed by atoms with Crippen molar-refractivity contribution in [2.45, 2.75) is 75.3 Å². The van der Waals surface area contributed by atoms with Crippen LogP contribution in [0.3, 0.4) is 0 Å². The lowest BCUT2D eigenvalue weighted by Crippen LogP contribution is -2.46. The molecule has 4 aromatic carbocycles. The average Bonchev–Trinajstić information content (AvgIpc) is 3.62. The van der Waals surface area contributed by atoms with Gasteiger partial charge in [-0.25, -0.2) is 13.1 Å². The third-order valence-corrected chi connectivity index (χ3v) is 12.5. The van der Waals surface area contributed by atoms with Gasteiger partial charge in [-0.2, -0.15) is 5.10 Å². The first-order valence-electron chi connectivity index (χ1n) is 19.3. The maximum Gasteiger partial charge on any atom is 0.274 e. The lowest BCUT2D eigenvalue weighted by atomic mass is 9.93. The zero-order chi connectivity index (χ0) is 40.4. The molecule has 12 nitrogen and oxygen atoms in total. The molecule has 0 spiro atoms. The van der Waals surface area contributed by atoms with Gasteiger partial charge in [0.15, 0.2) is 11.5 Å². The highest BCUT2D eigenvalue weighted by molar-refractivity contribution is 7.91. The van der Waals surface area contributed by atoms with Gasteiger partial charge in [0.05, 0.1) is 33.7 Å². The Bertz CT molecular complexity index is 2500. The van der Waals surface area contributed by atoms with Gasteiger partial charge in [0, 0.05) is 47.7 Å². The Labute approximate surface area is 332 Å². The Morgan fingerprint density at radius 2 is 1.54 bits per heavy atom. The van der Waals surface area contributed by atoms with Crippen LogP contribution in [0.4, 0.5) is 5.69 Å². The zero-order valence-electron chi connectivity index (χ0n) is 32.2. The van der Waals surface area contributed by atoms with Crippen molar-refractivity contribution in [3.05, 3.63) is 136 Å². The molecular formula is C44H45N5O7S. The van der Waals surface area contributed by atoms with Crippen molar-refractivity contribution in [1.29, 1.82) is 0 Å². The molecule has 0 aliphatic carbocycles. The number of aryl methyl sites for hydroxylation is 1. The SMILES string of the molecule is CCCCN(CCCC)C(=O)c1cc(C)n(-c2ccc(NC(=O)c3ccc4c(c3)S(=O)(=O)c3ccccc3C4=O)cc2C(=O)N2Cc3ccccc3C[C@H]2CO)n1. The van der Waals surface area contributed by atoms with Gasteiger partial charge in [0.2, 0.25) is 9.84 Å². The number of aliphatic hydroxyl groups excluding tert-OH is 1. The van der Waals surface area contributed by atoms with Gasteiger partial charge in [-0.05, 0) is 91.9 Å². The Kier molecular flexibility index (Phi) is 11.2. The van der Waals surface area contributed by atoms with Crippen molar-refractivity contribution >= 4 is 39.0 Å². The molecule has 5 aromatic rings. The number of sulfone groups is 1. The number of ketones is 1. The van der Waals surface area contributed by atoms with E-state index in [1.807, 2.05) is 29.2 Å². The Balaban J connectivity index is 1.26. The van der Waals surface area contributed by atoms with Crippen LogP contribution in [0.1, 0.15) is 103 Å². The van der Waals surface area contributed by atoms with Crippen LogP contribution in [-0.2, 0) is 22.8 Å². The monoisotopic (exact) mass is 787 g/mol. The second kappa shape index (κ2) is 16.3. The maximum absolute atomic E-state index is 14.7. The number of nitrogens with zero attached hydrogens (tertiary/aromatic N) is 4. The molecule has 13 heteroatoms. The Morgan fingerprint density at radius 1 is 0.860 bits per heavy atom. The van der Waals surface area contributed by atoms with Crippen molar-refractivity contribution in [3.63, 3.8) is 0 Å². The van der Waals surface area contributed by atoms with Crippen LogP contribution in [0, 0.1) is 6.92 Å². The van der Waals surface area contributed by atoms with Crippen molar-refractivity contribution < 1.29 is 32.7 Å². The number of aliphatic hydroxyl groups is 1. The number of rotatable bonds is 12. The normalized spacial score (nSPS) is 15.3. The fraction of sp³-hybridized carbons (Fsp3) is 0.295. The van der Waals surface area contributed by atoms with Crippen LogP contribution in [0.25, 0.3) is 5.69 Å². The molecule has 0 bridgehead atoms. The Hall–Kier alpha value is -5.92. The standard InChI is InChI=1S/C44H45N5O7S/c1-4-6-20-47(21-7-5-2)44(54)37-22-28(3)49(46-37)38-19-17-32(25-36(38)43(53)48-26-31-13-9-8-12-29(31)23-33(48)27-50)45-42(52)30-16-18-35-40(24-30)57(55,56)39-15-11-10-14-34(39)41(35)51/h8-19,22,24-25,33,50H,4-7,20-21,23,26-27H2,1-3H3,(H,45,52)/t33-/m0/s1. The first-order chi connectivity index (χ1) is 27.5. The van der Waals surface area contributed by atoms with Gasteiger partial charge in [0.1, 0.15) is 0 Å². The highest BCUT2D eigenvalue weighted by Crippen LogP contribution is 2.35. The van der Waals surface area contributed by atoms with Gasteiger partial charge in [-0.3, -0.25) is 19.2 Å². The van der Waals surface area contributed by atoms with Crippen molar-refractivity contribution in [3.8, 4) is 5.69 Å². The van der Waals surface area contributed by atoms with Crippen LogP contribution in [0.5, 0.6) is 0 Å². The third kappa shape index (κ3) is 7.52. The number of unbranched alkanes of at least 4 members (excludes halogenated alkanes) is 2. The molecule has 1 atom stereocenters. The fourth-order valence-corrected chi connectivity index (χ4v) is 9.22. The fourth-order valence-electron chi connectivity index (χ4n) is 7.54. The van der Waals surface area contributed by atoms with E-state index >= 15 is 0 Å². The minimum Gasteiger partial charge on any atom is -0.394 e. The summed E-state index contributed by atoms with van der Waals surface area (Å²) in [6.07, 6.45) is 4.04. The molecule has 1 aromatic heterocycles. The van der Waals surface area contributed by atoms with Gasteiger partial charge in [-0.15, -0.1) is 0 Å².